The van der Waals surface area contributed by atoms with Gasteiger partial charge in [-0.1, -0.05) is 13.0 Å². The second-order valence-electron chi connectivity index (χ2n) is 3.17. The molecule has 0 aliphatic carbocycles. The number of benzene rings is 1. The predicted octanol–water partition coefficient (Wildman–Crippen LogP) is 2.14. The molecule has 14 heavy (non-hydrogen) atoms. The first-order valence-corrected chi connectivity index (χ1v) is 4.62. The minimum Gasteiger partial charge on any atom is -0.508 e. The highest BCUT2D eigenvalue weighted by atomic mass is 16.3. The molecule has 3 nitrogen and oxygen atoms in total. The minimum absolute atomic E-state index is 0.260. The molecule has 0 unspecified atom stereocenters. The van der Waals surface area contributed by atoms with Gasteiger partial charge in [0.05, 0.1) is 11.9 Å². The molecule has 0 fully saturated rings. The predicted molar refractivity (Wildman–Crippen MR) is 54.6 cm³/mol. The first-order valence-electron chi connectivity index (χ1n) is 4.62. The fourth-order valence-corrected chi connectivity index (χ4v) is 1.32. The quantitative estimate of drug-likeness (QED) is 0.784. The first kappa shape index (κ1) is 8.81. The van der Waals surface area contributed by atoms with E-state index in [0.29, 0.717) is 0 Å². The van der Waals surface area contributed by atoms with Crippen molar-refractivity contribution in [1.82, 2.24) is 9.78 Å². The number of rotatable bonds is 2. The van der Waals surface area contributed by atoms with E-state index in [4.69, 9.17) is 0 Å². The fraction of sp³-hybridized carbons (Fsp3) is 0.182. The Labute approximate surface area is 82.6 Å². The lowest BCUT2D eigenvalue weighted by molar-refractivity contribution is 0.475. The molecule has 0 aliphatic rings. The van der Waals surface area contributed by atoms with Gasteiger partial charge < -0.3 is 5.11 Å². The van der Waals surface area contributed by atoms with E-state index in [1.807, 2.05) is 18.5 Å². The van der Waals surface area contributed by atoms with Gasteiger partial charge >= 0.3 is 0 Å². The summed E-state index contributed by atoms with van der Waals surface area (Å²) < 4.78 is 1.76. The monoisotopic (exact) mass is 188 g/mol. The Bertz CT molecular complexity index is 434. The van der Waals surface area contributed by atoms with Gasteiger partial charge in [-0.2, -0.15) is 5.10 Å². The zero-order valence-corrected chi connectivity index (χ0v) is 8.01. The SMILES string of the molecule is CCc1cnn(-c2cccc(O)c2)c1. The molecule has 1 aromatic carbocycles. The van der Waals surface area contributed by atoms with Crippen LogP contribution in [-0.4, -0.2) is 14.9 Å². The van der Waals surface area contributed by atoms with Gasteiger partial charge in [-0.3, -0.25) is 0 Å². The van der Waals surface area contributed by atoms with Gasteiger partial charge in [0.2, 0.25) is 0 Å². The molecule has 72 valence electrons. The average molecular weight is 188 g/mol. The van der Waals surface area contributed by atoms with Crippen molar-refractivity contribution in [3.63, 3.8) is 0 Å². The van der Waals surface area contributed by atoms with Crippen molar-refractivity contribution in [2.75, 3.05) is 0 Å². The van der Waals surface area contributed by atoms with Gasteiger partial charge in [-0.15, -0.1) is 0 Å². The molecule has 2 aromatic rings. The van der Waals surface area contributed by atoms with Gasteiger partial charge in [0.15, 0.2) is 0 Å². The molecule has 3 heteroatoms. The van der Waals surface area contributed by atoms with Gasteiger partial charge in [0.25, 0.3) is 0 Å². The van der Waals surface area contributed by atoms with Crippen LogP contribution in [0.5, 0.6) is 5.75 Å². The Morgan fingerprint density at radius 2 is 2.29 bits per heavy atom. The number of aromatic nitrogens is 2. The first-order chi connectivity index (χ1) is 6.79. The Balaban J connectivity index is 2.39. The lowest BCUT2D eigenvalue weighted by Crippen LogP contribution is -1.92. The van der Waals surface area contributed by atoms with Crippen LogP contribution in [0.25, 0.3) is 5.69 Å². The molecule has 0 aliphatic heterocycles. The highest BCUT2D eigenvalue weighted by Gasteiger charge is 1.99. The molecule has 2 rings (SSSR count). The van der Waals surface area contributed by atoms with Gasteiger partial charge in [0, 0.05) is 12.3 Å². The molecule has 0 saturated carbocycles. The van der Waals surface area contributed by atoms with Crippen LogP contribution < -0.4 is 0 Å². The van der Waals surface area contributed by atoms with E-state index in [2.05, 4.69) is 12.0 Å². The molecule has 0 atom stereocenters. The van der Waals surface area contributed by atoms with E-state index in [1.165, 1.54) is 5.56 Å². The number of hydrogen-bond donors (Lipinski definition) is 1. The van der Waals surface area contributed by atoms with Crippen molar-refractivity contribution in [1.29, 1.82) is 0 Å². The topological polar surface area (TPSA) is 38.0 Å². The molecule has 0 radical (unpaired) electrons. The van der Waals surface area contributed by atoms with Crippen molar-refractivity contribution < 1.29 is 5.11 Å². The summed E-state index contributed by atoms with van der Waals surface area (Å²) in [5.41, 5.74) is 2.07. The highest BCUT2D eigenvalue weighted by Crippen LogP contribution is 2.14. The molecule has 0 amide bonds. The number of hydrogen-bond acceptors (Lipinski definition) is 2. The maximum absolute atomic E-state index is 9.30. The Kier molecular flexibility index (Phi) is 2.23. The summed E-state index contributed by atoms with van der Waals surface area (Å²) in [7, 11) is 0. The number of phenols is 1. The zero-order chi connectivity index (χ0) is 9.97. The van der Waals surface area contributed by atoms with Gasteiger partial charge in [0.1, 0.15) is 5.75 Å². The zero-order valence-electron chi connectivity index (χ0n) is 8.01. The third kappa shape index (κ3) is 1.62. The van der Waals surface area contributed by atoms with Crippen LogP contribution in [0.2, 0.25) is 0 Å². The minimum atomic E-state index is 0.260. The van der Waals surface area contributed by atoms with E-state index in [-0.39, 0.29) is 5.75 Å². The summed E-state index contributed by atoms with van der Waals surface area (Å²) in [4.78, 5) is 0. The maximum Gasteiger partial charge on any atom is 0.117 e. The normalized spacial score (nSPS) is 10.4. The molecule has 0 spiro atoms. The summed E-state index contributed by atoms with van der Waals surface area (Å²) in [6.45, 7) is 2.09. The second kappa shape index (κ2) is 3.54. The van der Waals surface area contributed by atoms with Crippen LogP contribution in [0.4, 0.5) is 0 Å². The molecular weight excluding hydrogens is 176 g/mol. The maximum atomic E-state index is 9.30. The largest absolute Gasteiger partial charge is 0.508 e. The van der Waals surface area contributed by atoms with Crippen LogP contribution >= 0.6 is 0 Å². The lowest BCUT2D eigenvalue weighted by atomic mass is 10.3. The van der Waals surface area contributed by atoms with E-state index in [1.54, 1.807) is 22.9 Å². The Hall–Kier alpha value is -1.77. The van der Waals surface area contributed by atoms with Crippen LogP contribution in [-0.2, 0) is 6.42 Å². The number of nitrogens with zero attached hydrogens (tertiary/aromatic N) is 2. The van der Waals surface area contributed by atoms with E-state index < -0.39 is 0 Å². The van der Waals surface area contributed by atoms with Crippen molar-refractivity contribution in [3.8, 4) is 11.4 Å². The molecule has 1 heterocycles. The van der Waals surface area contributed by atoms with Crippen LogP contribution in [0.1, 0.15) is 12.5 Å². The van der Waals surface area contributed by atoms with Crippen molar-refractivity contribution in [2.24, 2.45) is 0 Å². The van der Waals surface area contributed by atoms with Crippen molar-refractivity contribution >= 4 is 0 Å². The van der Waals surface area contributed by atoms with Gasteiger partial charge in [-0.05, 0) is 24.1 Å². The summed E-state index contributed by atoms with van der Waals surface area (Å²) in [6.07, 6.45) is 4.78. The second-order valence-corrected chi connectivity index (χ2v) is 3.17. The standard InChI is InChI=1S/C11H12N2O/c1-2-9-7-12-13(8-9)10-4-3-5-11(14)6-10/h3-8,14H,2H2,1H3. The molecule has 0 bridgehead atoms. The summed E-state index contributed by atoms with van der Waals surface area (Å²) in [6, 6.07) is 7.05. The van der Waals surface area contributed by atoms with Gasteiger partial charge in [-0.25, -0.2) is 4.68 Å². The number of aromatic hydroxyl groups is 1. The van der Waals surface area contributed by atoms with Crippen molar-refractivity contribution in [2.45, 2.75) is 13.3 Å². The van der Waals surface area contributed by atoms with E-state index in [0.717, 1.165) is 12.1 Å². The Morgan fingerprint density at radius 1 is 1.43 bits per heavy atom. The smallest absolute Gasteiger partial charge is 0.117 e. The van der Waals surface area contributed by atoms with Crippen LogP contribution in [0, 0.1) is 0 Å². The Morgan fingerprint density at radius 3 is 2.93 bits per heavy atom. The van der Waals surface area contributed by atoms with E-state index in [9.17, 15) is 5.11 Å². The number of aryl methyl sites for hydroxylation is 1. The molecule has 0 saturated heterocycles. The lowest BCUT2D eigenvalue weighted by Gasteiger charge is -2.00. The van der Waals surface area contributed by atoms with Crippen LogP contribution in [0.15, 0.2) is 36.7 Å². The number of phenolic OH excluding ortho intramolecular Hbond substituents is 1. The third-order valence-electron chi connectivity index (χ3n) is 2.14. The summed E-state index contributed by atoms with van der Waals surface area (Å²) in [5.74, 6) is 0.260. The molecule has 1 N–H and O–H groups in total. The van der Waals surface area contributed by atoms with Crippen LogP contribution in [0.3, 0.4) is 0 Å². The third-order valence-corrected chi connectivity index (χ3v) is 2.14. The summed E-state index contributed by atoms with van der Waals surface area (Å²) >= 11 is 0. The average Bonchev–Trinajstić information content (AvgIpc) is 2.66. The molecular formula is C11H12N2O. The molecule has 1 aromatic heterocycles. The van der Waals surface area contributed by atoms with Crippen molar-refractivity contribution in [3.05, 3.63) is 42.2 Å². The highest BCUT2D eigenvalue weighted by molar-refractivity contribution is 5.38. The summed E-state index contributed by atoms with van der Waals surface area (Å²) in [5, 5.41) is 13.5. The van der Waals surface area contributed by atoms with E-state index >= 15 is 0 Å². The fourth-order valence-electron chi connectivity index (χ4n) is 1.32.